The minimum atomic E-state index is -0.777. The molecular weight excluding hydrogens is 269 g/mol. The molecule has 0 aliphatic heterocycles. The molecule has 0 aliphatic rings. The lowest BCUT2D eigenvalue weighted by atomic mass is 10.2. The highest BCUT2D eigenvalue weighted by Crippen LogP contribution is 2.28. The number of halogens is 1. The predicted octanol–water partition coefficient (Wildman–Crippen LogP) is 2.09. The van der Waals surface area contributed by atoms with Crippen LogP contribution in [0.2, 0.25) is 0 Å². The second-order valence-electron chi connectivity index (χ2n) is 3.78. The highest BCUT2D eigenvalue weighted by atomic mass is 19.1. The van der Waals surface area contributed by atoms with Crippen molar-refractivity contribution in [1.29, 1.82) is 0 Å². The van der Waals surface area contributed by atoms with Crippen molar-refractivity contribution >= 4 is 17.3 Å². The van der Waals surface area contributed by atoms with E-state index in [-0.39, 0.29) is 11.4 Å². The fourth-order valence-corrected chi connectivity index (χ4v) is 1.45. The maximum atomic E-state index is 12.7. The zero-order valence-electron chi connectivity index (χ0n) is 9.91. The van der Waals surface area contributed by atoms with Crippen molar-refractivity contribution in [2.24, 2.45) is 0 Å². The predicted molar refractivity (Wildman–Crippen MR) is 66.9 cm³/mol. The summed E-state index contributed by atoms with van der Waals surface area (Å²) in [7, 11) is 0. The van der Waals surface area contributed by atoms with Crippen molar-refractivity contribution in [3.05, 3.63) is 58.2 Å². The lowest BCUT2D eigenvalue weighted by Gasteiger charge is -2.05. The molecule has 0 saturated heterocycles. The molecule has 1 amide bonds. The summed E-state index contributed by atoms with van der Waals surface area (Å²) in [5.41, 5.74) is -0.456. The van der Waals surface area contributed by atoms with Gasteiger partial charge in [-0.3, -0.25) is 14.9 Å². The number of phenols is 1. The van der Waals surface area contributed by atoms with Gasteiger partial charge in [0.25, 0.3) is 5.91 Å². The van der Waals surface area contributed by atoms with Gasteiger partial charge in [0.15, 0.2) is 5.75 Å². The molecular formula is C12H8FN3O4. The van der Waals surface area contributed by atoms with E-state index in [1.54, 1.807) is 0 Å². The zero-order chi connectivity index (χ0) is 14.7. The Morgan fingerprint density at radius 1 is 1.35 bits per heavy atom. The number of hydrogen-bond acceptors (Lipinski definition) is 5. The first-order chi connectivity index (χ1) is 9.47. The normalized spacial score (nSPS) is 10.1. The lowest BCUT2D eigenvalue weighted by Crippen LogP contribution is -2.13. The maximum Gasteiger partial charge on any atom is 0.312 e. The van der Waals surface area contributed by atoms with Gasteiger partial charge < -0.3 is 10.4 Å². The highest BCUT2D eigenvalue weighted by molar-refractivity contribution is 6.03. The molecule has 0 spiro atoms. The van der Waals surface area contributed by atoms with Crippen LogP contribution >= 0.6 is 0 Å². The van der Waals surface area contributed by atoms with E-state index < -0.39 is 28.1 Å². The average molecular weight is 277 g/mol. The van der Waals surface area contributed by atoms with Crippen molar-refractivity contribution < 1.29 is 19.2 Å². The van der Waals surface area contributed by atoms with E-state index in [1.807, 2.05) is 0 Å². The van der Waals surface area contributed by atoms with Crippen LogP contribution in [0.4, 0.5) is 15.8 Å². The highest BCUT2D eigenvalue weighted by Gasteiger charge is 2.15. The Kier molecular flexibility index (Phi) is 3.56. The molecule has 1 aromatic heterocycles. The average Bonchev–Trinajstić information content (AvgIpc) is 2.41. The number of carbonyl (C=O) groups is 1. The van der Waals surface area contributed by atoms with Gasteiger partial charge in [-0.2, -0.15) is 0 Å². The minimum Gasteiger partial charge on any atom is -0.502 e. The number of amides is 1. The van der Waals surface area contributed by atoms with Crippen molar-refractivity contribution in [3.63, 3.8) is 0 Å². The Hall–Kier alpha value is -3.03. The molecule has 7 nitrogen and oxygen atoms in total. The largest absolute Gasteiger partial charge is 0.502 e. The van der Waals surface area contributed by atoms with Gasteiger partial charge in [0.05, 0.1) is 11.1 Å². The van der Waals surface area contributed by atoms with Gasteiger partial charge >= 0.3 is 5.69 Å². The SMILES string of the molecule is O=C(Nc1ccc(O)c([N+](=O)[O-])c1)c1ccc(F)cn1. The summed E-state index contributed by atoms with van der Waals surface area (Å²) in [6.07, 6.45) is 0.883. The molecule has 8 heteroatoms. The quantitative estimate of drug-likeness (QED) is 0.507. The van der Waals surface area contributed by atoms with Gasteiger partial charge in [-0.1, -0.05) is 0 Å². The van der Waals surface area contributed by atoms with Crippen LogP contribution in [-0.2, 0) is 0 Å². The summed E-state index contributed by atoms with van der Waals surface area (Å²) in [4.78, 5) is 25.2. The number of nitrogens with one attached hydrogen (secondary N) is 1. The topological polar surface area (TPSA) is 105 Å². The standard InChI is InChI=1S/C12H8FN3O4/c13-7-1-3-9(14-6-7)12(18)15-8-2-4-11(17)10(5-8)16(19)20/h1-6,17H,(H,15,18). The number of rotatable bonds is 3. The first-order valence-electron chi connectivity index (χ1n) is 5.37. The van der Waals surface area contributed by atoms with Crippen LogP contribution in [0.25, 0.3) is 0 Å². The number of benzene rings is 1. The van der Waals surface area contributed by atoms with Crippen molar-refractivity contribution in [2.75, 3.05) is 5.32 Å². The van der Waals surface area contributed by atoms with E-state index in [2.05, 4.69) is 10.3 Å². The number of pyridine rings is 1. The van der Waals surface area contributed by atoms with Crippen molar-refractivity contribution in [3.8, 4) is 5.75 Å². The molecule has 2 rings (SSSR count). The van der Waals surface area contributed by atoms with Crippen LogP contribution in [0.3, 0.4) is 0 Å². The van der Waals surface area contributed by atoms with E-state index in [0.717, 1.165) is 24.4 Å². The number of nitro benzene ring substituents is 1. The smallest absolute Gasteiger partial charge is 0.312 e. The summed E-state index contributed by atoms with van der Waals surface area (Å²) in [5.74, 6) is -1.74. The number of nitrogens with zero attached hydrogens (tertiary/aromatic N) is 2. The zero-order valence-corrected chi connectivity index (χ0v) is 9.91. The molecule has 0 radical (unpaired) electrons. The Bertz CT molecular complexity index is 673. The molecule has 2 aromatic rings. The molecule has 0 atom stereocenters. The minimum absolute atomic E-state index is 0.0397. The van der Waals surface area contributed by atoms with Crippen LogP contribution in [0.5, 0.6) is 5.75 Å². The van der Waals surface area contributed by atoms with E-state index in [1.165, 1.54) is 12.1 Å². The third kappa shape index (κ3) is 2.86. The molecule has 0 aliphatic carbocycles. The van der Waals surface area contributed by atoms with Crippen molar-refractivity contribution in [1.82, 2.24) is 4.98 Å². The van der Waals surface area contributed by atoms with Crippen LogP contribution in [-0.4, -0.2) is 20.9 Å². The molecule has 0 saturated carbocycles. The number of anilines is 1. The molecule has 2 N–H and O–H groups in total. The second-order valence-corrected chi connectivity index (χ2v) is 3.78. The number of carbonyl (C=O) groups excluding carboxylic acids is 1. The Morgan fingerprint density at radius 3 is 2.70 bits per heavy atom. The monoisotopic (exact) mass is 277 g/mol. The summed E-state index contributed by atoms with van der Waals surface area (Å²) in [6, 6.07) is 5.65. The Labute approximate surface area is 111 Å². The fourth-order valence-electron chi connectivity index (χ4n) is 1.45. The molecule has 1 aromatic carbocycles. The molecule has 20 heavy (non-hydrogen) atoms. The van der Waals surface area contributed by atoms with Crippen molar-refractivity contribution in [2.45, 2.75) is 0 Å². The summed E-state index contributed by atoms with van der Waals surface area (Å²) >= 11 is 0. The lowest BCUT2D eigenvalue weighted by molar-refractivity contribution is -0.385. The number of aromatic nitrogens is 1. The fraction of sp³-hybridized carbons (Fsp3) is 0. The summed E-state index contributed by atoms with van der Waals surface area (Å²) in [5, 5.41) is 22.3. The molecule has 0 unspecified atom stereocenters. The van der Waals surface area contributed by atoms with Gasteiger partial charge in [0, 0.05) is 11.8 Å². The van der Waals surface area contributed by atoms with E-state index >= 15 is 0 Å². The van der Waals surface area contributed by atoms with E-state index in [0.29, 0.717) is 0 Å². The second kappa shape index (κ2) is 5.31. The third-order valence-corrected chi connectivity index (χ3v) is 2.39. The Balaban J connectivity index is 2.21. The van der Waals surface area contributed by atoms with Crippen LogP contribution < -0.4 is 5.32 Å². The van der Waals surface area contributed by atoms with Crippen LogP contribution in [0.1, 0.15) is 10.5 Å². The van der Waals surface area contributed by atoms with Gasteiger partial charge in [-0.25, -0.2) is 9.37 Å². The number of nitro groups is 1. The molecule has 102 valence electrons. The van der Waals surface area contributed by atoms with Gasteiger partial charge in [-0.05, 0) is 24.3 Å². The van der Waals surface area contributed by atoms with Crippen LogP contribution in [0.15, 0.2) is 36.5 Å². The maximum absolute atomic E-state index is 12.7. The molecule has 0 fully saturated rings. The first-order valence-corrected chi connectivity index (χ1v) is 5.37. The first kappa shape index (κ1) is 13.4. The van der Waals surface area contributed by atoms with Gasteiger partial charge in [0.2, 0.25) is 0 Å². The molecule has 1 heterocycles. The van der Waals surface area contributed by atoms with Crippen LogP contribution in [0, 0.1) is 15.9 Å². The number of aromatic hydroxyl groups is 1. The number of hydrogen-bond donors (Lipinski definition) is 2. The van der Waals surface area contributed by atoms with E-state index in [9.17, 15) is 24.4 Å². The summed E-state index contributed by atoms with van der Waals surface area (Å²) in [6.45, 7) is 0. The van der Waals surface area contributed by atoms with Gasteiger partial charge in [0.1, 0.15) is 11.5 Å². The van der Waals surface area contributed by atoms with Gasteiger partial charge in [-0.15, -0.1) is 0 Å². The summed E-state index contributed by atoms with van der Waals surface area (Å²) < 4.78 is 12.7. The Morgan fingerprint density at radius 2 is 2.10 bits per heavy atom. The van der Waals surface area contributed by atoms with E-state index in [4.69, 9.17) is 0 Å². The third-order valence-electron chi connectivity index (χ3n) is 2.39. The molecule has 0 bridgehead atoms. The number of phenolic OH excluding ortho intramolecular Hbond substituents is 1.